The number of fused-ring (bicyclic) bond motifs is 2. The Morgan fingerprint density at radius 2 is 1.79 bits per heavy atom. The minimum atomic E-state index is -0.462. The second-order valence-corrected chi connectivity index (χ2v) is 9.15. The number of imidazole rings is 1. The zero-order chi connectivity index (χ0) is 24.1. The molecule has 33 heavy (non-hydrogen) atoms. The van der Waals surface area contributed by atoms with Gasteiger partial charge in [0, 0.05) is 43.8 Å². The van der Waals surface area contributed by atoms with Gasteiger partial charge in [0.25, 0.3) is 5.56 Å². The summed E-state index contributed by atoms with van der Waals surface area (Å²) in [5, 5.41) is 0.941. The summed E-state index contributed by atoms with van der Waals surface area (Å²) in [6.07, 6.45) is 0. The van der Waals surface area contributed by atoms with Gasteiger partial charge in [0.2, 0.25) is 5.95 Å². The van der Waals surface area contributed by atoms with E-state index in [1.165, 1.54) is 9.13 Å². The molecule has 0 bridgehead atoms. The number of aryl methyl sites for hydroxylation is 3. The van der Waals surface area contributed by atoms with Gasteiger partial charge in [-0.25, -0.2) is 14.8 Å². The van der Waals surface area contributed by atoms with Crippen LogP contribution in [0.5, 0.6) is 0 Å². The van der Waals surface area contributed by atoms with Crippen LogP contribution in [0.2, 0.25) is 0 Å². The lowest BCUT2D eigenvalue weighted by Gasteiger charge is -2.27. The molecular weight excluding hydrogens is 420 g/mol. The molecule has 174 valence electrons. The van der Waals surface area contributed by atoms with Crippen molar-refractivity contribution >= 4 is 28.0 Å². The average Bonchev–Trinajstić information content (AvgIpc) is 3.14. The first-order valence-electron chi connectivity index (χ1n) is 10.9. The number of likely N-dealkylation sites (N-methyl/N-ethyl adjacent to an activating group) is 1. The summed E-state index contributed by atoms with van der Waals surface area (Å²) in [5.41, 5.74) is 7.15. The highest BCUT2D eigenvalue weighted by Gasteiger charge is 2.24. The molecule has 0 amide bonds. The maximum absolute atomic E-state index is 13.5. The molecule has 10 heteroatoms. The number of hydrogen-bond acceptors (Lipinski definition) is 7. The standard InChI is InChI=1S/C23H30N8O2/c1-7-30-18-19(27-21(30)28(5)13-23(3,4)24)29(6)22(33)31(20(18)32)12-17-25-14(2)15-10-8-9-11-16(15)26-17/h8-11H,7,12-13,24H2,1-6H3. The van der Waals surface area contributed by atoms with Crippen molar-refractivity contribution in [3.63, 3.8) is 0 Å². The summed E-state index contributed by atoms with van der Waals surface area (Å²) in [7, 11) is 3.50. The normalized spacial score (nSPS) is 12.1. The van der Waals surface area contributed by atoms with E-state index < -0.39 is 16.8 Å². The Balaban J connectivity index is 1.89. The number of para-hydroxylation sites is 1. The number of rotatable bonds is 6. The quantitative estimate of drug-likeness (QED) is 0.472. The van der Waals surface area contributed by atoms with Gasteiger partial charge < -0.3 is 15.2 Å². The van der Waals surface area contributed by atoms with E-state index in [1.807, 2.05) is 68.5 Å². The van der Waals surface area contributed by atoms with Gasteiger partial charge in [-0.15, -0.1) is 0 Å². The molecule has 3 heterocycles. The van der Waals surface area contributed by atoms with Crippen LogP contribution in [0.3, 0.4) is 0 Å². The molecule has 0 unspecified atom stereocenters. The number of aromatic nitrogens is 6. The van der Waals surface area contributed by atoms with Crippen LogP contribution in [-0.2, 0) is 20.1 Å². The van der Waals surface area contributed by atoms with Gasteiger partial charge in [-0.3, -0.25) is 13.9 Å². The molecule has 2 N–H and O–H groups in total. The van der Waals surface area contributed by atoms with E-state index in [0.29, 0.717) is 36.0 Å². The molecule has 0 aliphatic carbocycles. The molecule has 4 aromatic rings. The second kappa shape index (κ2) is 8.11. The Morgan fingerprint density at radius 3 is 2.45 bits per heavy atom. The van der Waals surface area contributed by atoms with Crippen molar-refractivity contribution in [3.8, 4) is 0 Å². The Kier molecular flexibility index (Phi) is 5.57. The summed E-state index contributed by atoms with van der Waals surface area (Å²) in [4.78, 5) is 42.4. The Bertz CT molecular complexity index is 1470. The molecule has 0 saturated carbocycles. The van der Waals surface area contributed by atoms with Crippen molar-refractivity contribution < 1.29 is 0 Å². The van der Waals surface area contributed by atoms with Crippen LogP contribution in [-0.4, -0.2) is 47.8 Å². The highest BCUT2D eigenvalue weighted by atomic mass is 16.2. The van der Waals surface area contributed by atoms with E-state index in [1.54, 1.807) is 7.05 Å². The minimum absolute atomic E-state index is 0.0248. The Hall–Kier alpha value is -3.53. The molecule has 4 rings (SSSR count). The summed E-state index contributed by atoms with van der Waals surface area (Å²) >= 11 is 0. The van der Waals surface area contributed by atoms with Gasteiger partial charge in [-0.05, 0) is 33.8 Å². The van der Waals surface area contributed by atoms with E-state index in [2.05, 4.69) is 15.0 Å². The summed E-state index contributed by atoms with van der Waals surface area (Å²) < 4.78 is 4.41. The lowest BCUT2D eigenvalue weighted by Crippen LogP contribution is -2.44. The summed E-state index contributed by atoms with van der Waals surface area (Å²) in [6, 6.07) is 7.67. The third-order valence-corrected chi connectivity index (χ3v) is 5.65. The lowest BCUT2D eigenvalue weighted by atomic mass is 10.1. The first-order valence-corrected chi connectivity index (χ1v) is 10.9. The lowest BCUT2D eigenvalue weighted by molar-refractivity contribution is 0.511. The Labute approximate surface area is 191 Å². The van der Waals surface area contributed by atoms with E-state index in [0.717, 1.165) is 16.6 Å². The predicted octanol–water partition coefficient (Wildman–Crippen LogP) is 1.39. The maximum Gasteiger partial charge on any atom is 0.332 e. The molecule has 0 spiro atoms. The smallest absolute Gasteiger partial charge is 0.332 e. The van der Waals surface area contributed by atoms with Gasteiger partial charge in [0.05, 0.1) is 12.1 Å². The monoisotopic (exact) mass is 450 g/mol. The highest BCUT2D eigenvalue weighted by molar-refractivity contribution is 5.80. The zero-order valence-corrected chi connectivity index (χ0v) is 20.0. The van der Waals surface area contributed by atoms with Crippen LogP contribution in [0.15, 0.2) is 33.9 Å². The maximum atomic E-state index is 13.5. The summed E-state index contributed by atoms with van der Waals surface area (Å²) in [5.74, 6) is 1.00. The van der Waals surface area contributed by atoms with Gasteiger partial charge >= 0.3 is 5.69 Å². The largest absolute Gasteiger partial charge is 0.343 e. The van der Waals surface area contributed by atoms with E-state index in [9.17, 15) is 9.59 Å². The summed E-state index contributed by atoms with van der Waals surface area (Å²) in [6.45, 7) is 8.71. The minimum Gasteiger partial charge on any atom is -0.343 e. The number of nitrogens with zero attached hydrogens (tertiary/aromatic N) is 7. The predicted molar refractivity (Wildman–Crippen MR) is 130 cm³/mol. The van der Waals surface area contributed by atoms with Crippen molar-refractivity contribution in [2.45, 2.75) is 46.3 Å². The van der Waals surface area contributed by atoms with Gasteiger partial charge in [0.15, 0.2) is 11.2 Å². The number of benzene rings is 1. The van der Waals surface area contributed by atoms with Crippen molar-refractivity contribution in [1.29, 1.82) is 0 Å². The first kappa shape index (κ1) is 22.7. The average molecular weight is 451 g/mol. The van der Waals surface area contributed by atoms with Crippen LogP contribution in [0.25, 0.3) is 22.1 Å². The molecule has 3 aromatic heterocycles. The third-order valence-electron chi connectivity index (χ3n) is 5.65. The van der Waals surface area contributed by atoms with Gasteiger partial charge in [0.1, 0.15) is 5.82 Å². The van der Waals surface area contributed by atoms with E-state index in [4.69, 9.17) is 5.73 Å². The SMILES string of the molecule is CCn1c(N(C)CC(C)(C)N)nc2c1c(=O)n(Cc1nc(C)c3ccccc3n1)c(=O)n2C. The molecule has 10 nitrogen and oxygen atoms in total. The van der Waals surface area contributed by atoms with Crippen LogP contribution in [0.1, 0.15) is 32.3 Å². The molecule has 0 atom stereocenters. The molecular formula is C23H30N8O2. The number of hydrogen-bond donors (Lipinski definition) is 1. The zero-order valence-electron chi connectivity index (χ0n) is 20.0. The van der Waals surface area contributed by atoms with Crippen LogP contribution >= 0.6 is 0 Å². The van der Waals surface area contributed by atoms with E-state index in [-0.39, 0.29) is 6.54 Å². The molecule has 1 aromatic carbocycles. The first-order chi connectivity index (χ1) is 15.5. The highest BCUT2D eigenvalue weighted by Crippen LogP contribution is 2.20. The van der Waals surface area contributed by atoms with Crippen LogP contribution in [0, 0.1) is 6.92 Å². The van der Waals surface area contributed by atoms with Crippen molar-refractivity contribution in [2.24, 2.45) is 12.8 Å². The topological polar surface area (TPSA) is 117 Å². The Morgan fingerprint density at radius 1 is 1.09 bits per heavy atom. The van der Waals surface area contributed by atoms with Crippen molar-refractivity contribution in [1.82, 2.24) is 28.7 Å². The molecule has 0 aliphatic heterocycles. The molecule has 0 radical (unpaired) electrons. The second-order valence-electron chi connectivity index (χ2n) is 9.15. The fraction of sp³-hybridized carbons (Fsp3) is 0.435. The molecule has 0 aliphatic rings. The number of nitrogens with two attached hydrogens (primary N) is 1. The fourth-order valence-corrected chi connectivity index (χ4v) is 4.28. The molecule has 0 saturated heterocycles. The van der Waals surface area contributed by atoms with Crippen LogP contribution < -0.4 is 21.9 Å². The molecule has 0 fully saturated rings. The van der Waals surface area contributed by atoms with Gasteiger partial charge in [-0.1, -0.05) is 18.2 Å². The van der Waals surface area contributed by atoms with Crippen molar-refractivity contribution in [2.75, 3.05) is 18.5 Å². The fourth-order valence-electron chi connectivity index (χ4n) is 4.28. The third kappa shape index (κ3) is 4.02. The van der Waals surface area contributed by atoms with E-state index >= 15 is 0 Å². The number of anilines is 1. The van der Waals surface area contributed by atoms with Gasteiger partial charge in [-0.2, -0.15) is 4.98 Å². The van der Waals surface area contributed by atoms with Crippen LogP contribution in [0.4, 0.5) is 5.95 Å². The van der Waals surface area contributed by atoms with Crippen molar-refractivity contribution in [3.05, 3.63) is 56.6 Å².